The van der Waals surface area contributed by atoms with E-state index in [1.165, 1.54) is 12.3 Å². The van der Waals surface area contributed by atoms with Crippen LogP contribution in [0, 0.1) is 11.8 Å². The van der Waals surface area contributed by atoms with Crippen molar-refractivity contribution >= 4 is 0 Å². The summed E-state index contributed by atoms with van der Waals surface area (Å²) in [4.78, 5) is 0. The zero-order valence-corrected chi connectivity index (χ0v) is 5.95. The lowest BCUT2D eigenvalue weighted by Gasteiger charge is -1.94. The zero-order valence-electron chi connectivity index (χ0n) is 5.95. The van der Waals surface area contributed by atoms with Gasteiger partial charge in [-0.15, -0.1) is 0 Å². The highest BCUT2D eigenvalue weighted by molar-refractivity contribution is 5.20. The van der Waals surface area contributed by atoms with Gasteiger partial charge in [0.15, 0.2) is 6.10 Å². The van der Waals surface area contributed by atoms with E-state index >= 15 is 0 Å². The fraction of sp³-hybridized carbons (Fsp3) is 0.111. The molecule has 1 unspecified atom stereocenters. The van der Waals surface area contributed by atoms with Gasteiger partial charge in [-0.05, 0) is 18.2 Å². The van der Waals surface area contributed by atoms with Crippen molar-refractivity contribution in [2.75, 3.05) is 0 Å². The average Bonchev–Trinajstić information content (AvgIpc) is 2.52. The van der Waals surface area contributed by atoms with E-state index in [1.807, 2.05) is 0 Å². The molecule has 0 amide bonds. The Bertz CT molecular complexity index is 274. The molecular formula is C9H8O2. The number of aliphatic hydroxyl groups excluding tert-OH is 1. The predicted octanol–water partition coefficient (Wildman–Crippen LogP) is 1.50. The molecule has 56 valence electrons. The van der Waals surface area contributed by atoms with Gasteiger partial charge >= 0.3 is 0 Å². The maximum atomic E-state index is 9.23. The third kappa shape index (κ3) is 1.99. The van der Waals surface area contributed by atoms with Gasteiger partial charge in [-0.1, -0.05) is 18.4 Å². The quantitative estimate of drug-likeness (QED) is 0.612. The van der Waals surface area contributed by atoms with Gasteiger partial charge in [0.2, 0.25) is 0 Å². The monoisotopic (exact) mass is 148 g/mol. The van der Waals surface area contributed by atoms with Crippen LogP contribution in [0.25, 0.3) is 0 Å². The normalized spacial score (nSPS) is 11.4. The maximum absolute atomic E-state index is 9.23. The van der Waals surface area contributed by atoms with Crippen LogP contribution in [0.2, 0.25) is 0 Å². The molecule has 0 aliphatic rings. The minimum atomic E-state index is -0.844. The largest absolute Gasteiger partial charge is 0.466 e. The van der Waals surface area contributed by atoms with Crippen LogP contribution >= 0.6 is 0 Å². The number of furan rings is 1. The number of hydrogen-bond donors (Lipinski definition) is 1. The van der Waals surface area contributed by atoms with Crippen molar-refractivity contribution in [3.8, 4) is 11.8 Å². The summed E-state index contributed by atoms with van der Waals surface area (Å²) in [6.07, 6.45) is 2.07. The van der Waals surface area contributed by atoms with Crippen LogP contribution in [0.4, 0.5) is 0 Å². The second-order valence-corrected chi connectivity index (χ2v) is 1.91. The molecule has 1 rings (SSSR count). The molecule has 2 nitrogen and oxygen atoms in total. The molecule has 1 N–H and O–H groups in total. The van der Waals surface area contributed by atoms with Crippen molar-refractivity contribution < 1.29 is 9.52 Å². The van der Waals surface area contributed by atoms with Gasteiger partial charge in [-0.2, -0.15) is 0 Å². The van der Waals surface area contributed by atoms with Crippen LogP contribution < -0.4 is 0 Å². The summed E-state index contributed by atoms with van der Waals surface area (Å²) >= 11 is 0. The average molecular weight is 148 g/mol. The summed E-state index contributed by atoms with van der Waals surface area (Å²) in [5, 5.41) is 9.23. The van der Waals surface area contributed by atoms with Crippen LogP contribution in [0.5, 0.6) is 0 Å². The summed E-state index contributed by atoms with van der Waals surface area (Å²) in [7, 11) is 0. The number of rotatable bonds is 1. The molecule has 0 radical (unpaired) electrons. The number of aliphatic hydroxyl groups is 1. The van der Waals surface area contributed by atoms with Crippen molar-refractivity contribution in [3.63, 3.8) is 0 Å². The SMILES string of the molecule is C=CC#CC(O)c1ccco1. The fourth-order valence-corrected chi connectivity index (χ4v) is 0.656. The third-order valence-corrected chi connectivity index (χ3v) is 1.13. The molecule has 0 spiro atoms. The first-order chi connectivity index (χ1) is 5.34. The first-order valence-corrected chi connectivity index (χ1v) is 3.18. The highest BCUT2D eigenvalue weighted by atomic mass is 16.4. The lowest BCUT2D eigenvalue weighted by atomic mass is 10.3. The van der Waals surface area contributed by atoms with Gasteiger partial charge in [0.1, 0.15) is 5.76 Å². The first-order valence-electron chi connectivity index (χ1n) is 3.18. The molecule has 1 aromatic rings. The predicted molar refractivity (Wildman–Crippen MR) is 41.6 cm³/mol. The summed E-state index contributed by atoms with van der Waals surface area (Å²) < 4.78 is 4.91. The van der Waals surface area contributed by atoms with E-state index in [1.54, 1.807) is 12.1 Å². The van der Waals surface area contributed by atoms with Crippen LogP contribution in [0.15, 0.2) is 35.5 Å². The minimum absolute atomic E-state index is 0.458. The van der Waals surface area contributed by atoms with Crippen LogP contribution in [-0.2, 0) is 0 Å². The van der Waals surface area contributed by atoms with E-state index in [0.29, 0.717) is 5.76 Å². The van der Waals surface area contributed by atoms with E-state index in [-0.39, 0.29) is 0 Å². The standard InChI is InChI=1S/C9H8O2/c1-2-3-5-8(10)9-6-4-7-11-9/h2,4,6-8,10H,1H2. The topological polar surface area (TPSA) is 33.4 Å². The summed E-state index contributed by atoms with van der Waals surface area (Å²) in [5.74, 6) is 5.53. The lowest BCUT2D eigenvalue weighted by molar-refractivity contribution is 0.206. The van der Waals surface area contributed by atoms with Crippen LogP contribution in [0.1, 0.15) is 11.9 Å². The Hall–Kier alpha value is -1.46. The van der Waals surface area contributed by atoms with Gasteiger partial charge in [0, 0.05) is 0 Å². The Morgan fingerprint density at radius 1 is 1.73 bits per heavy atom. The van der Waals surface area contributed by atoms with Gasteiger partial charge < -0.3 is 9.52 Å². The minimum Gasteiger partial charge on any atom is -0.466 e. The van der Waals surface area contributed by atoms with Crippen LogP contribution in [0.3, 0.4) is 0 Å². The molecule has 0 bridgehead atoms. The van der Waals surface area contributed by atoms with E-state index in [2.05, 4.69) is 18.4 Å². The maximum Gasteiger partial charge on any atom is 0.172 e. The molecule has 0 saturated heterocycles. The van der Waals surface area contributed by atoms with Gasteiger partial charge in [0.25, 0.3) is 0 Å². The highest BCUT2D eigenvalue weighted by Crippen LogP contribution is 2.10. The summed E-state index contributed by atoms with van der Waals surface area (Å²) in [6, 6.07) is 3.37. The van der Waals surface area contributed by atoms with Crippen molar-refractivity contribution in [3.05, 3.63) is 36.8 Å². The van der Waals surface area contributed by atoms with Crippen LogP contribution in [-0.4, -0.2) is 5.11 Å². The van der Waals surface area contributed by atoms with E-state index in [9.17, 15) is 5.11 Å². The Labute approximate surface area is 65.2 Å². The summed E-state index contributed by atoms with van der Waals surface area (Å²) in [5.41, 5.74) is 0. The highest BCUT2D eigenvalue weighted by Gasteiger charge is 2.04. The molecule has 1 aromatic heterocycles. The summed E-state index contributed by atoms with van der Waals surface area (Å²) in [6.45, 7) is 3.40. The molecule has 0 fully saturated rings. The Kier molecular flexibility index (Phi) is 2.53. The molecule has 2 heteroatoms. The molecule has 11 heavy (non-hydrogen) atoms. The van der Waals surface area contributed by atoms with Crippen molar-refractivity contribution in [2.24, 2.45) is 0 Å². The zero-order chi connectivity index (χ0) is 8.10. The molecule has 0 aliphatic heterocycles. The molecule has 0 saturated carbocycles. The van der Waals surface area contributed by atoms with Crippen molar-refractivity contribution in [2.45, 2.75) is 6.10 Å². The molecule has 0 aliphatic carbocycles. The van der Waals surface area contributed by atoms with E-state index < -0.39 is 6.10 Å². The van der Waals surface area contributed by atoms with Gasteiger partial charge in [-0.3, -0.25) is 0 Å². The van der Waals surface area contributed by atoms with Gasteiger partial charge in [0.05, 0.1) is 6.26 Å². The molecular weight excluding hydrogens is 140 g/mol. The number of allylic oxidation sites excluding steroid dienone is 1. The third-order valence-electron chi connectivity index (χ3n) is 1.13. The smallest absolute Gasteiger partial charge is 0.172 e. The Morgan fingerprint density at radius 3 is 3.09 bits per heavy atom. The Balaban J connectivity index is 2.70. The van der Waals surface area contributed by atoms with E-state index in [0.717, 1.165) is 0 Å². The second-order valence-electron chi connectivity index (χ2n) is 1.91. The van der Waals surface area contributed by atoms with Crippen molar-refractivity contribution in [1.82, 2.24) is 0 Å². The van der Waals surface area contributed by atoms with Gasteiger partial charge in [-0.25, -0.2) is 0 Å². The number of hydrogen-bond acceptors (Lipinski definition) is 2. The first kappa shape index (κ1) is 7.64. The fourth-order valence-electron chi connectivity index (χ4n) is 0.656. The van der Waals surface area contributed by atoms with E-state index in [4.69, 9.17) is 4.42 Å². The Morgan fingerprint density at radius 2 is 2.55 bits per heavy atom. The molecule has 1 heterocycles. The lowest BCUT2D eigenvalue weighted by Crippen LogP contribution is -1.89. The molecule has 0 aromatic carbocycles. The second kappa shape index (κ2) is 3.65. The van der Waals surface area contributed by atoms with Crippen molar-refractivity contribution in [1.29, 1.82) is 0 Å². The molecule has 1 atom stereocenters.